The van der Waals surface area contributed by atoms with Crippen LogP contribution in [0.5, 0.6) is 0 Å². The van der Waals surface area contributed by atoms with E-state index < -0.39 is 0 Å². The van der Waals surface area contributed by atoms with Crippen LogP contribution in [-0.4, -0.2) is 29.9 Å². The van der Waals surface area contributed by atoms with Crippen LogP contribution < -0.4 is 11.3 Å². The first-order valence-corrected chi connectivity index (χ1v) is 6.84. The molecule has 2 unspecified atom stereocenters. The molecule has 0 radical (unpaired) electrons. The quantitative estimate of drug-likeness (QED) is 0.436. The summed E-state index contributed by atoms with van der Waals surface area (Å²) in [4.78, 5) is 13.9. The summed E-state index contributed by atoms with van der Waals surface area (Å²) in [7, 11) is 0. The number of piperidine rings is 1. The van der Waals surface area contributed by atoms with Crippen molar-refractivity contribution in [1.29, 1.82) is 0 Å². The Bertz CT molecular complexity index is 237. The fourth-order valence-electron chi connectivity index (χ4n) is 2.72. The predicted octanol–water partition coefficient (Wildman–Crippen LogP) is 1.51. The minimum absolute atomic E-state index is 0.0391. The maximum atomic E-state index is 11.5. The largest absolute Gasteiger partial charge is 0.300 e. The molecule has 0 aromatic heterocycles. The van der Waals surface area contributed by atoms with E-state index in [1.54, 1.807) is 0 Å². The molecule has 0 saturated carbocycles. The van der Waals surface area contributed by atoms with Crippen molar-refractivity contribution < 1.29 is 4.79 Å². The first kappa shape index (κ1) is 14.5. The van der Waals surface area contributed by atoms with Gasteiger partial charge in [0.2, 0.25) is 5.91 Å². The molecule has 0 spiro atoms. The molecule has 1 rings (SSSR count). The second-order valence-corrected chi connectivity index (χ2v) is 5.31. The van der Waals surface area contributed by atoms with Gasteiger partial charge in [0.25, 0.3) is 0 Å². The Labute approximate surface area is 105 Å². The molecular formula is C13H27N3O. The van der Waals surface area contributed by atoms with E-state index in [2.05, 4.69) is 24.2 Å². The van der Waals surface area contributed by atoms with E-state index in [0.29, 0.717) is 0 Å². The molecule has 1 aliphatic heterocycles. The van der Waals surface area contributed by atoms with Crippen LogP contribution in [-0.2, 0) is 4.79 Å². The van der Waals surface area contributed by atoms with Crippen LogP contribution in [0.15, 0.2) is 0 Å². The molecule has 0 aliphatic carbocycles. The van der Waals surface area contributed by atoms with Gasteiger partial charge in [-0.2, -0.15) is 0 Å². The molecular weight excluding hydrogens is 214 g/mol. The van der Waals surface area contributed by atoms with Crippen molar-refractivity contribution in [3.8, 4) is 0 Å². The normalized spacial score (nSPS) is 22.1. The lowest BCUT2D eigenvalue weighted by molar-refractivity contribution is -0.126. The summed E-state index contributed by atoms with van der Waals surface area (Å²) in [6.45, 7) is 8.57. The number of hydrogen-bond acceptors (Lipinski definition) is 3. The Morgan fingerprint density at radius 1 is 1.41 bits per heavy atom. The topological polar surface area (TPSA) is 58.4 Å². The third-order valence-corrected chi connectivity index (χ3v) is 4.20. The molecule has 100 valence electrons. The average Bonchev–Trinajstić information content (AvgIpc) is 2.37. The number of amides is 1. The minimum Gasteiger partial charge on any atom is -0.300 e. The van der Waals surface area contributed by atoms with E-state index in [1.807, 2.05) is 6.92 Å². The lowest BCUT2D eigenvalue weighted by Gasteiger charge is -2.38. The summed E-state index contributed by atoms with van der Waals surface area (Å²) in [5.41, 5.74) is 2.25. The zero-order chi connectivity index (χ0) is 12.8. The van der Waals surface area contributed by atoms with E-state index in [-0.39, 0.29) is 17.9 Å². The molecule has 0 aromatic rings. The molecule has 0 aromatic carbocycles. The lowest BCUT2D eigenvalue weighted by atomic mass is 9.90. The molecule has 1 fully saturated rings. The van der Waals surface area contributed by atoms with Gasteiger partial charge in [0, 0.05) is 6.04 Å². The molecule has 1 amide bonds. The number of nitrogens with one attached hydrogen (secondary N) is 1. The summed E-state index contributed by atoms with van der Waals surface area (Å²) < 4.78 is 0. The average molecular weight is 241 g/mol. The van der Waals surface area contributed by atoms with Crippen LogP contribution in [0.4, 0.5) is 0 Å². The van der Waals surface area contributed by atoms with Crippen molar-refractivity contribution >= 4 is 5.91 Å². The summed E-state index contributed by atoms with van der Waals surface area (Å²) in [6.07, 6.45) is 5.18. The maximum Gasteiger partial charge on any atom is 0.238 e. The molecule has 2 atom stereocenters. The molecule has 3 N–H and O–H groups in total. The van der Waals surface area contributed by atoms with Crippen molar-refractivity contribution in [1.82, 2.24) is 10.3 Å². The van der Waals surface area contributed by atoms with Gasteiger partial charge in [-0.05, 0) is 38.8 Å². The maximum absolute atomic E-state index is 11.5. The van der Waals surface area contributed by atoms with E-state index >= 15 is 0 Å². The first-order valence-electron chi connectivity index (χ1n) is 6.84. The predicted molar refractivity (Wildman–Crippen MR) is 70.2 cm³/mol. The van der Waals surface area contributed by atoms with Gasteiger partial charge in [0.1, 0.15) is 0 Å². The third kappa shape index (κ3) is 3.96. The highest BCUT2D eigenvalue weighted by Gasteiger charge is 2.28. The zero-order valence-corrected chi connectivity index (χ0v) is 11.4. The summed E-state index contributed by atoms with van der Waals surface area (Å²) in [5.74, 6) is 5.97. The Hall–Kier alpha value is -0.610. The van der Waals surface area contributed by atoms with Gasteiger partial charge in [-0.3, -0.25) is 15.1 Å². The number of hydrazine groups is 1. The highest BCUT2D eigenvalue weighted by Crippen LogP contribution is 2.24. The van der Waals surface area contributed by atoms with Gasteiger partial charge < -0.3 is 0 Å². The van der Waals surface area contributed by atoms with Crippen LogP contribution in [0.3, 0.4) is 0 Å². The van der Waals surface area contributed by atoms with E-state index in [0.717, 1.165) is 19.0 Å². The fourth-order valence-corrected chi connectivity index (χ4v) is 2.72. The van der Waals surface area contributed by atoms with E-state index in [1.165, 1.54) is 25.7 Å². The monoisotopic (exact) mass is 241 g/mol. The number of nitrogens with two attached hydrogens (primary N) is 1. The molecule has 17 heavy (non-hydrogen) atoms. The Morgan fingerprint density at radius 2 is 2.00 bits per heavy atom. The van der Waals surface area contributed by atoms with Crippen LogP contribution >= 0.6 is 0 Å². The van der Waals surface area contributed by atoms with Crippen molar-refractivity contribution in [3.63, 3.8) is 0 Å². The van der Waals surface area contributed by atoms with Gasteiger partial charge >= 0.3 is 0 Å². The Morgan fingerprint density at radius 3 is 2.47 bits per heavy atom. The Kier molecular flexibility index (Phi) is 5.92. The number of nitrogens with zero attached hydrogens (tertiary/aromatic N) is 1. The van der Waals surface area contributed by atoms with Crippen molar-refractivity contribution in [2.45, 2.75) is 52.5 Å². The SMILES string of the molecule is CCCC1CCN(C(C)C(C)C(=O)NN)CC1. The van der Waals surface area contributed by atoms with Gasteiger partial charge in [0.15, 0.2) is 0 Å². The van der Waals surface area contributed by atoms with Crippen LogP contribution in [0.25, 0.3) is 0 Å². The van der Waals surface area contributed by atoms with Crippen molar-refractivity contribution in [3.05, 3.63) is 0 Å². The van der Waals surface area contributed by atoms with Gasteiger partial charge in [0.05, 0.1) is 5.92 Å². The van der Waals surface area contributed by atoms with Crippen LogP contribution in [0.1, 0.15) is 46.5 Å². The summed E-state index contributed by atoms with van der Waals surface area (Å²) >= 11 is 0. The highest BCUT2D eigenvalue weighted by atomic mass is 16.2. The van der Waals surface area contributed by atoms with Crippen molar-refractivity contribution in [2.24, 2.45) is 17.7 Å². The molecule has 1 saturated heterocycles. The van der Waals surface area contributed by atoms with Crippen LogP contribution in [0, 0.1) is 11.8 Å². The number of hydrogen-bond donors (Lipinski definition) is 2. The summed E-state index contributed by atoms with van der Waals surface area (Å²) in [5, 5.41) is 0. The number of likely N-dealkylation sites (tertiary alicyclic amines) is 1. The second kappa shape index (κ2) is 6.97. The highest BCUT2D eigenvalue weighted by molar-refractivity contribution is 5.78. The van der Waals surface area contributed by atoms with Gasteiger partial charge in [-0.1, -0.05) is 26.7 Å². The fraction of sp³-hybridized carbons (Fsp3) is 0.923. The van der Waals surface area contributed by atoms with Crippen LogP contribution in [0.2, 0.25) is 0 Å². The third-order valence-electron chi connectivity index (χ3n) is 4.20. The number of rotatable bonds is 5. The van der Waals surface area contributed by atoms with E-state index in [9.17, 15) is 4.79 Å². The smallest absolute Gasteiger partial charge is 0.238 e. The molecule has 1 heterocycles. The second-order valence-electron chi connectivity index (χ2n) is 5.31. The number of carbonyl (C=O) groups is 1. The summed E-state index contributed by atoms with van der Waals surface area (Å²) in [6, 6.07) is 0.279. The first-order chi connectivity index (χ1) is 8.10. The lowest BCUT2D eigenvalue weighted by Crippen LogP contribution is -2.48. The van der Waals surface area contributed by atoms with Crippen molar-refractivity contribution in [2.75, 3.05) is 13.1 Å². The Balaban J connectivity index is 2.40. The zero-order valence-electron chi connectivity index (χ0n) is 11.4. The standard InChI is InChI=1S/C13H27N3O/c1-4-5-12-6-8-16(9-7-12)11(3)10(2)13(17)15-14/h10-12H,4-9,14H2,1-3H3,(H,15,17). The minimum atomic E-state index is -0.0619. The van der Waals surface area contributed by atoms with Gasteiger partial charge in [-0.15, -0.1) is 0 Å². The van der Waals surface area contributed by atoms with Gasteiger partial charge in [-0.25, -0.2) is 5.84 Å². The number of carbonyl (C=O) groups excluding carboxylic acids is 1. The molecule has 4 nitrogen and oxygen atoms in total. The van der Waals surface area contributed by atoms with E-state index in [4.69, 9.17) is 5.84 Å². The molecule has 4 heteroatoms. The molecule has 1 aliphatic rings. The molecule has 0 bridgehead atoms.